The van der Waals surface area contributed by atoms with Gasteiger partial charge in [-0.15, -0.1) is 0 Å². The summed E-state index contributed by atoms with van der Waals surface area (Å²) in [5.74, 6) is 0.684. The van der Waals surface area contributed by atoms with Gasteiger partial charge in [0, 0.05) is 25.4 Å². The van der Waals surface area contributed by atoms with E-state index in [2.05, 4.69) is 62.8 Å². The van der Waals surface area contributed by atoms with Gasteiger partial charge in [0.25, 0.3) is 0 Å². The minimum absolute atomic E-state index is 0.0306. The summed E-state index contributed by atoms with van der Waals surface area (Å²) in [6.07, 6.45) is 7.20. The molecule has 7 heteroatoms. The highest BCUT2D eigenvalue weighted by molar-refractivity contribution is 6.74. The third kappa shape index (κ3) is 5.16. The van der Waals surface area contributed by atoms with E-state index >= 15 is 0 Å². The van der Waals surface area contributed by atoms with E-state index in [-0.39, 0.29) is 29.9 Å². The molecule has 6 nitrogen and oxygen atoms in total. The number of fused-ring (bicyclic) bond motifs is 1. The summed E-state index contributed by atoms with van der Waals surface area (Å²) in [6, 6.07) is 13.9. The lowest BCUT2D eigenvalue weighted by Gasteiger charge is -2.38. The Kier molecular flexibility index (Phi) is 6.26. The van der Waals surface area contributed by atoms with Crippen LogP contribution in [-0.2, 0) is 15.8 Å². The van der Waals surface area contributed by atoms with Gasteiger partial charge in [0.1, 0.15) is 12.3 Å². The Morgan fingerprint density at radius 1 is 1.09 bits per heavy atom. The molecule has 1 aliphatic heterocycles. The topological polar surface area (TPSA) is 56.1 Å². The Morgan fingerprint density at radius 3 is 2.51 bits per heavy atom. The van der Waals surface area contributed by atoms with Crippen LogP contribution in [0.25, 0.3) is 5.65 Å². The number of amides is 1. The predicted octanol–water partition coefficient (Wildman–Crippen LogP) is 6.69. The summed E-state index contributed by atoms with van der Waals surface area (Å²) in [5, 5.41) is 0.103. The average Bonchev–Trinajstić information content (AvgIpc) is 3.44. The van der Waals surface area contributed by atoms with E-state index in [1.807, 2.05) is 35.2 Å². The van der Waals surface area contributed by atoms with Crippen LogP contribution < -0.4 is 0 Å². The molecular weight excluding hydrogens is 454 g/mol. The Morgan fingerprint density at radius 2 is 1.83 bits per heavy atom. The van der Waals surface area contributed by atoms with Crippen LogP contribution in [0.2, 0.25) is 18.1 Å². The predicted molar refractivity (Wildman–Crippen MR) is 140 cm³/mol. The Bertz CT molecular complexity index is 1200. The molecule has 1 aromatic carbocycles. The number of hydrogen-bond acceptors (Lipinski definition) is 4. The number of imidazole rings is 1. The molecule has 1 saturated heterocycles. The number of carbonyl (C=O) groups excluding carboxylic acids is 1. The molecule has 0 bridgehead atoms. The van der Waals surface area contributed by atoms with Gasteiger partial charge in [-0.25, -0.2) is 9.78 Å². The second-order valence-corrected chi connectivity index (χ2v) is 16.4. The quantitative estimate of drug-likeness (QED) is 0.361. The summed E-state index contributed by atoms with van der Waals surface area (Å²) in [5.41, 5.74) is 4.16. The van der Waals surface area contributed by atoms with Gasteiger partial charge in [-0.2, -0.15) is 0 Å². The zero-order valence-corrected chi connectivity index (χ0v) is 22.5. The first kappa shape index (κ1) is 24.1. The molecule has 2 aliphatic rings. The van der Waals surface area contributed by atoms with Crippen molar-refractivity contribution in [1.82, 2.24) is 14.3 Å². The number of ether oxygens (including phenoxy) is 1. The van der Waals surface area contributed by atoms with Gasteiger partial charge in [0.05, 0.1) is 17.8 Å². The molecule has 0 spiro atoms. The normalized spacial score (nSPS) is 21.0. The van der Waals surface area contributed by atoms with Gasteiger partial charge in [-0.1, -0.05) is 57.2 Å². The summed E-state index contributed by atoms with van der Waals surface area (Å²) in [7, 11) is -1.99. The number of likely N-dealkylation sites (tertiary alicyclic amines) is 1. The van der Waals surface area contributed by atoms with E-state index in [4.69, 9.17) is 14.1 Å². The standard InChI is InChI=1S/C28H37N3O3Si/c1-28(2,3)35(4,5)34-23-15-25(31(17-23)27(32)33-19-20-9-7-6-8-10-20)24-18-30-16-22(21-11-12-21)13-14-26(30)29-24/h6-10,13-14,16,18,21,23,25H,11-12,15,17,19H2,1-5H3/t23-,25-/m1/s1. The summed E-state index contributed by atoms with van der Waals surface area (Å²) in [4.78, 5) is 20.0. The number of benzene rings is 1. The minimum Gasteiger partial charge on any atom is -0.445 e. The van der Waals surface area contributed by atoms with Crippen molar-refractivity contribution in [2.75, 3.05) is 6.54 Å². The molecule has 1 amide bonds. The maximum absolute atomic E-state index is 13.3. The van der Waals surface area contributed by atoms with Gasteiger partial charge < -0.3 is 13.6 Å². The number of carbonyl (C=O) groups is 1. The van der Waals surface area contributed by atoms with Crippen LogP contribution in [0.1, 0.15) is 68.8 Å². The highest BCUT2D eigenvalue weighted by Crippen LogP contribution is 2.42. The average molecular weight is 492 g/mol. The van der Waals surface area contributed by atoms with Crippen LogP contribution in [0.4, 0.5) is 4.79 Å². The number of rotatable bonds is 6. The van der Waals surface area contributed by atoms with Gasteiger partial charge >= 0.3 is 6.09 Å². The van der Waals surface area contributed by atoms with Crippen LogP contribution in [0.3, 0.4) is 0 Å². The van der Waals surface area contributed by atoms with Crippen LogP contribution in [0.15, 0.2) is 54.9 Å². The molecule has 2 fully saturated rings. The minimum atomic E-state index is -1.99. The second-order valence-electron chi connectivity index (χ2n) is 11.6. The van der Waals surface area contributed by atoms with Crippen molar-refractivity contribution in [3.63, 3.8) is 0 Å². The SMILES string of the molecule is CC(C)(C)[Si](C)(C)O[C@@H]1C[C@H](c2cn3cc(C4CC4)ccc3n2)N(C(=O)OCc2ccccc2)C1. The summed E-state index contributed by atoms with van der Waals surface area (Å²) in [6.45, 7) is 12.1. The van der Waals surface area contributed by atoms with Crippen LogP contribution in [-0.4, -0.2) is 41.3 Å². The van der Waals surface area contributed by atoms with Crippen LogP contribution >= 0.6 is 0 Å². The summed E-state index contributed by atoms with van der Waals surface area (Å²) < 4.78 is 14.6. The monoisotopic (exact) mass is 491 g/mol. The zero-order valence-electron chi connectivity index (χ0n) is 21.5. The molecular formula is C28H37N3O3Si. The van der Waals surface area contributed by atoms with E-state index in [1.54, 1.807) is 0 Å². The molecule has 5 rings (SSSR count). The first-order valence-corrected chi connectivity index (χ1v) is 15.7. The van der Waals surface area contributed by atoms with Crippen molar-refractivity contribution in [3.05, 3.63) is 71.7 Å². The Labute approximate surface area is 209 Å². The number of nitrogens with zero attached hydrogens (tertiary/aromatic N) is 3. The van der Waals surface area contributed by atoms with Gasteiger partial charge in [-0.3, -0.25) is 4.90 Å². The molecule has 1 saturated carbocycles. The fourth-order valence-electron chi connectivity index (χ4n) is 4.61. The van der Waals surface area contributed by atoms with E-state index in [0.717, 1.165) is 23.3 Å². The Balaban J connectivity index is 1.39. The zero-order chi connectivity index (χ0) is 24.8. The maximum Gasteiger partial charge on any atom is 0.410 e. The molecule has 1 aliphatic carbocycles. The number of hydrogen-bond donors (Lipinski definition) is 0. The molecule has 3 heterocycles. The number of pyridine rings is 1. The first-order chi connectivity index (χ1) is 16.6. The van der Waals surface area contributed by atoms with Gasteiger partial charge in [-0.05, 0) is 54.1 Å². The van der Waals surface area contributed by atoms with E-state index in [1.165, 1.54) is 18.4 Å². The fraction of sp³-hybridized carbons (Fsp3) is 0.500. The van der Waals surface area contributed by atoms with E-state index in [9.17, 15) is 4.79 Å². The van der Waals surface area contributed by atoms with Crippen molar-refractivity contribution >= 4 is 20.1 Å². The smallest absolute Gasteiger partial charge is 0.410 e. The molecule has 0 unspecified atom stereocenters. The molecule has 35 heavy (non-hydrogen) atoms. The van der Waals surface area contributed by atoms with Crippen molar-refractivity contribution in [1.29, 1.82) is 0 Å². The molecule has 3 aromatic rings. The fourth-order valence-corrected chi connectivity index (χ4v) is 5.97. The third-order valence-corrected chi connectivity index (χ3v) is 12.4. The van der Waals surface area contributed by atoms with E-state index < -0.39 is 8.32 Å². The largest absolute Gasteiger partial charge is 0.445 e. The second kappa shape index (κ2) is 9.10. The first-order valence-electron chi connectivity index (χ1n) is 12.7. The molecule has 0 radical (unpaired) electrons. The molecule has 2 atom stereocenters. The summed E-state index contributed by atoms with van der Waals surface area (Å²) >= 11 is 0. The van der Waals surface area contributed by atoms with E-state index in [0.29, 0.717) is 12.5 Å². The van der Waals surface area contributed by atoms with Gasteiger partial charge in [0.2, 0.25) is 0 Å². The lowest BCUT2D eigenvalue weighted by atomic mass is 10.1. The van der Waals surface area contributed by atoms with Crippen molar-refractivity contribution in [2.24, 2.45) is 0 Å². The molecule has 0 N–H and O–H groups in total. The Hall–Kier alpha value is -2.64. The lowest BCUT2D eigenvalue weighted by molar-refractivity contribution is 0.0878. The third-order valence-electron chi connectivity index (χ3n) is 7.85. The molecule has 2 aromatic heterocycles. The van der Waals surface area contributed by atoms with Crippen LogP contribution in [0.5, 0.6) is 0 Å². The van der Waals surface area contributed by atoms with Crippen molar-refractivity contribution in [2.45, 2.75) is 82.8 Å². The highest BCUT2D eigenvalue weighted by atomic mass is 28.4. The molecule has 186 valence electrons. The van der Waals surface area contributed by atoms with Crippen molar-refractivity contribution in [3.8, 4) is 0 Å². The lowest BCUT2D eigenvalue weighted by Crippen LogP contribution is -2.44. The highest BCUT2D eigenvalue weighted by Gasteiger charge is 2.45. The van der Waals surface area contributed by atoms with Crippen molar-refractivity contribution < 1.29 is 14.0 Å². The number of aromatic nitrogens is 2. The maximum atomic E-state index is 13.3. The van der Waals surface area contributed by atoms with Crippen LogP contribution in [0, 0.1) is 0 Å². The van der Waals surface area contributed by atoms with Gasteiger partial charge in [0.15, 0.2) is 8.32 Å².